The molecule has 1 heterocycles. The number of aromatic nitrogens is 1. The first-order valence-corrected chi connectivity index (χ1v) is 7.83. The van der Waals surface area contributed by atoms with E-state index in [4.69, 9.17) is 0 Å². The molecular formula is C19H22N2O. The summed E-state index contributed by atoms with van der Waals surface area (Å²) in [4.78, 5) is 15.4. The predicted octanol–water partition coefficient (Wildman–Crippen LogP) is 4.20. The van der Waals surface area contributed by atoms with Gasteiger partial charge in [0, 0.05) is 17.4 Å². The maximum Gasteiger partial charge on any atom is 0.267 e. The van der Waals surface area contributed by atoms with Gasteiger partial charge in [0.15, 0.2) is 0 Å². The SMILES string of the molecule is C=C(C)[C@H]1CC=C(CNC(=O)c2cc3ccccc3[nH]2)CC1. The van der Waals surface area contributed by atoms with Gasteiger partial charge in [-0.05, 0) is 44.2 Å². The molecule has 0 fully saturated rings. The molecule has 0 saturated carbocycles. The first kappa shape index (κ1) is 14.6. The van der Waals surface area contributed by atoms with Gasteiger partial charge >= 0.3 is 0 Å². The lowest BCUT2D eigenvalue weighted by molar-refractivity contribution is 0.0952. The second-order valence-electron chi connectivity index (χ2n) is 6.13. The molecule has 0 unspecified atom stereocenters. The van der Waals surface area contributed by atoms with E-state index in [2.05, 4.69) is 29.9 Å². The van der Waals surface area contributed by atoms with E-state index in [1.165, 1.54) is 11.1 Å². The summed E-state index contributed by atoms with van der Waals surface area (Å²) in [6.07, 6.45) is 5.50. The van der Waals surface area contributed by atoms with Crippen LogP contribution in [-0.4, -0.2) is 17.4 Å². The van der Waals surface area contributed by atoms with Crippen molar-refractivity contribution in [1.82, 2.24) is 10.3 Å². The summed E-state index contributed by atoms with van der Waals surface area (Å²) in [5.74, 6) is 0.562. The minimum absolute atomic E-state index is 0.0425. The summed E-state index contributed by atoms with van der Waals surface area (Å²) in [6, 6.07) is 9.82. The molecule has 2 N–H and O–H groups in total. The third-order valence-corrected chi connectivity index (χ3v) is 4.45. The maximum atomic E-state index is 12.2. The Morgan fingerprint density at radius 3 is 2.91 bits per heavy atom. The standard InChI is InChI=1S/C19H22N2O/c1-13(2)15-9-7-14(8-10-15)12-20-19(22)18-11-16-5-3-4-6-17(16)21-18/h3-7,11,15,21H,1,8-10,12H2,2H3,(H,20,22)/t15-/m0/s1. The summed E-state index contributed by atoms with van der Waals surface area (Å²) >= 11 is 0. The third kappa shape index (κ3) is 3.14. The Balaban J connectivity index is 1.59. The van der Waals surface area contributed by atoms with Crippen LogP contribution in [0.5, 0.6) is 0 Å². The van der Waals surface area contributed by atoms with Crippen LogP contribution in [0.15, 0.2) is 54.1 Å². The fourth-order valence-corrected chi connectivity index (χ4v) is 2.98. The van der Waals surface area contributed by atoms with Crippen LogP contribution >= 0.6 is 0 Å². The number of nitrogens with one attached hydrogen (secondary N) is 2. The number of rotatable bonds is 4. The van der Waals surface area contributed by atoms with E-state index < -0.39 is 0 Å². The second-order valence-corrected chi connectivity index (χ2v) is 6.13. The van der Waals surface area contributed by atoms with Crippen molar-refractivity contribution in [3.63, 3.8) is 0 Å². The van der Waals surface area contributed by atoms with Crippen molar-refractivity contribution in [1.29, 1.82) is 0 Å². The topological polar surface area (TPSA) is 44.9 Å². The number of allylic oxidation sites excluding steroid dienone is 2. The van der Waals surface area contributed by atoms with Crippen molar-refractivity contribution >= 4 is 16.8 Å². The number of fused-ring (bicyclic) bond motifs is 1. The average molecular weight is 294 g/mol. The van der Waals surface area contributed by atoms with E-state index in [0.717, 1.165) is 30.2 Å². The minimum atomic E-state index is -0.0425. The molecule has 1 amide bonds. The monoisotopic (exact) mass is 294 g/mol. The van der Waals surface area contributed by atoms with Crippen LogP contribution in [0.25, 0.3) is 10.9 Å². The fraction of sp³-hybridized carbons (Fsp3) is 0.316. The molecule has 3 rings (SSSR count). The van der Waals surface area contributed by atoms with E-state index in [0.29, 0.717) is 18.2 Å². The number of aromatic amines is 1. The van der Waals surface area contributed by atoms with Gasteiger partial charge in [-0.1, -0.05) is 42.0 Å². The van der Waals surface area contributed by atoms with E-state index in [9.17, 15) is 4.79 Å². The number of hydrogen-bond donors (Lipinski definition) is 2. The van der Waals surface area contributed by atoms with Gasteiger partial charge in [0.25, 0.3) is 5.91 Å². The molecule has 1 aliphatic rings. The number of amides is 1. The van der Waals surface area contributed by atoms with Crippen LogP contribution < -0.4 is 5.32 Å². The first-order chi connectivity index (χ1) is 10.6. The Morgan fingerprint density at radius 1 is 1.41 bits per heavy atom. The summed E-state index contributed by atoms with van der Waals surface area (Å²) in [5.41, 5.74) is 4.20. The van der Waals surface area contributed by atoms with Crippen LogP contribution in [-0.2, 0) is 0 Å². The highest BCUT2D eigenvalue weighted by Gasteiger charge is 2.16. The lowest BCUT2D eigenvalue weighted by atomic mass is 9.85. The molecule has 0 radical (unpaired) electrons. The molecule has 3 nitrogen and oxygen atoms in total. The summed E-state index contributed by atoms with van der Waals surface area (Å²) in [6.45, 7) is 6.77. The van der Waals surface area contributed by atoms with Crippen LogP contribution in [0.3, 0.4) is 0 Å². The molecular weight excluding hydrogens is 272 g/mol. The van der Waals surface area contributed by atoms with Crippen molar-refractivity contribution in [2.45, 2.75) is 26.2 Å². The van der Waals surface area contributed by atoms with Gasteiger partial charge in [0.05, 0.1) is 0 Å². The molecule has 0 bridgehead atoms. The first-order valence-electron chi connectivity index (χ1n) is 7.83. The largest absolute Gasteiger partial charge is 0.351 e. The number of carbonyl (C=O) groups is 1. The van der Waals surface area contributed by atoms with Gasteiger partial charge in [-0.3, -0.25) is 4.79 Å². The molecule has 1 atom stereocenters. The van der Waals surface area contributed by atoms with Gasteiger partial charge in [0.1, 0.15) is 5.69 Å². The molecule has 2 aromatic rings. The van der Waals surface area contributed by atoms with Gasteiger partial charge in [-0.15, -0.1) is 0 Å². The van der Waals surface area contributed by atoms with E-state index in [-0.39, 0.29) is 5.91 Å². The molecule has 3 heteroatoms. The molecule has 114 valence electrons. The zero-order valence-corrected chi connectivity index (χ0v) is 13.0. The minimum Gasteiger partial charge on any atom is -0.351 e. The summed E-state index contributed by atoms with van der Waals surface area (Å²) < 4.78 is 0. The maximum absolute atomic E-state index is 12.2. The van der Waals surface area contributed by atoms with Crippen molar-refractivity contribution in [3.8, 4) is 0 Å². The zero-order chi connectivity index (χ0) is 15.5. The molecule has 0 aliphatic heterocycles. The van der Waals surface area contributed by atoms with E-state index in [1.54, 1.807) is 0 Å². The lowest BCUT2D eigenvalue weighted by Crippen LogP contribution is -2.26. The number of benzene rings is 1. The Hall–Kier alpha value is -2.29. The predicted molar refractivity (Wildman–Crippen MR) is 90.9 cm³/mol. The number of H-pyrrole nitrogens is 1. The molecule has 1 aromatic carbocycles. The average Bonchev–Trinajstić information content (AvgIpc) is 2.97. The van der Waals surface area contributed by atoms with Crippen LogP contribution in [0.1, 0.15) is 36.7 Å². The third-order valence-electron chi connectivity index (χ3n) is 4.45. The molecule has 22 heavy (non-hydrogen) atoms. The Labute approximate surface area is 131 Å². The van der Waals surface area contributed by atoms with Crippen molar-refractivity contribution in [2.24, 2.45) is 5.92 Å². The van der Waals surface area contributed by atoms with Gasteiger partial charge in [-0.2, -0.15) is 0 Å². The normalized spacial score (nSPS) is 18.0. The van der Waals surface area contributed by atoms with Crippen molar-refractivity contribution in [2.75, 3.05) is 6.54 Å². The van der Waals surface area contributed by atoms with Gasteiger partial charge in [-0.25, -0.2) is 0 Å². The highest BCUT2D eigenvalue weighted by Crippen LogP contribution is 2.27. The fourth-order valence-electron chi connectivity index (χ4n) is 2.98. The highest BCUT2D eigenvalue weighted by molar-refractivity contribution is 5.98. The second kappa shape index (κ2) is 6.22. The van der Waals surface area contributed by atoms with E-state index >= 15 is 0 Å². The summed E-state index contributed by atoms with van der Waals surface area (Å²) in [7, 11) is 0. The van der Waals surface area contributed by atoms with Gasteiger partial charge in [0.2, 0.25) is 0 Å². The molecule has 1 aromatic heterocycles. The quantitative estimate of drug-likeness (QED) is 0.816. The van der Waals surface area contributed by atoms with Crippen LogP contribution in [0.2, 0.25) is 0 Å². The van der Waals surface area contributed by atoms with Gasteiger partial charge < -0.3 is 10.3 Å². The molecule has 1 aliphatic carbocycles. The Kier molecular flexibility index (Phi) is 4.14. The van der Waals surface area contributed by atoms with Crippen LogP contribution in [0.4, 0.5) is 0 Å². The van der Waals surface area contributed by atoms with Crippen molar-refractivity contribution < 1.29 is 4.79 Å². The highest BCUT2D eigenvalue weighted by atomic mass is 16.1. The van der Waals surface area contributed by atoms with Crippen LogP contribution in [0, 0.1) is 5.92 Å². The lowest BCUT2D eigenvalue weighted by Gasteiger charge is -2.22. The zero-order valence-electron chi connectivity index (χ0n) is 13.0. The molecule has 0 saturated heterocycles. The number of hydrogen-bond acceptors (Lipinski definition) is 1. The van der Waals surface area contributed by atoms with Crippen molar-refractivity contribution in [3.05, 3.63) is 59.8 Å². The molecule has 0 spiro atoms. The smallest absolute Gasteiger partial charge is 0.267 e. The Morgan fingerprint density at radius 2 is 2.23 bits per heavy atom. The number of para-hydroxylation sites is 1. The van der Waals surface area contributed by atoms with E-state index in [1.807, 2.05) is 30.3 Å². The number of carbonyl (C=O) groups excluding carboxylic acids is 1. The summed E-state index contributed by atoms with van der Waals surface area (Å²) in [5, 5.41) is 4.08. The Bertz CT molecular complexity index is 706.